The van der Waals surface area contributed by atoms with Crippen LogP contribution in [-0.2, 0) is 13.0 Å². The number of carbonyl (C=O) groups excluding carboxylic acids is 1. The molecule has 1 amide bonds. The topological polar surface area (TPSA) is 46.3 Å². The lowest BCUT2D eigenvalue weighted by Crippen LogP contribution is -2.26. The van der Waals surface area contributed by atoms with Crippen molar-refractivity contribution in [1.82, 2.24) is 9.88 Å². The first-order chi connectivity index (χ1) is 10.7. The van der Waals surface area contributed by atoms with Gasteiger partial charge in [-0.2, -0.15) is 0 Å². The number of furan rings is 1. The number of hydrogen-bond acceptors (Lipinski definition) is 3. The van der Waals surface area contributed by atoms with E-state index in [1.54, 1.807) is 36.5 Å². The highest BCUT2D eigenvalue weighted by Gasteiger charge is 2.18. The Kier molecular flexibility index (Phi) is 3.92. The lowest BCUT2D eigenvalue weighted by molar-refractivity contribution is 0.0784. The Balaban J connectivity index is 1.91. The first kappa shape index (κ1) is 14.3. The average Bonchev–Trinajstić information content (AvgIpc) is 2.93. The molecule has 22 heavy (non-hydrogen) atoms. The highest BCUT2D eigenvalue weighted by atomic mass is 16.3. The molecule has 0 aliphatic rings. The summed E-state index contributed by atoms with van der Waals surface area (Å²) in [6.07, 6.45) is 4.06. The van der Waals surface area contributed by atoms with Crippen molar-refractivity contribution in [3.05, 3.63) is 65.7 Å². The number of aromatic nitrogens is 1. The molecule has 2 heterocycles. The van der Waals surface area contributed by atoms with Gasteiger partial charge < -0.3 is 9.32 Å². The molecule has 2 aromatic heterocycles. The van der Waals surface area contributed by atoms with Crippen LogP contribution in [0.5, 0.6) is 0 Å². The van der Waals surface area contributed by atoms with E-state index in [0.717, 1.165) is 28.7 Å². The lowest BCUT2D eigenvalue weighted by Gasteiger charge is -2.17. The van der Waals surface area contributed by atoms with Crippen molar-refractivity contribution in [1.29, 1.82) is 0 Å². The molecule has 0 unspecified atom stereocenters. The molecule has 3 aromatic rings. The molecule has 112 valence electrons. The summed E-state index contributed by atoms with van der Waals surface area (Å²) in [4.78, 5) is 18.2. The molecule has 0 atom stereocenters. The number of carbonyl (C=O) groups is 1. The van der Waals surface area contributed by atoms with E-state index in [4.69, 9.17) is 4.42 Å². The molecule has 3 rings (SSSR count). The van der Waals surface area contributed by atoms with Crippen molar-refractivity contribution in [2.45, 2.75) is 19.9 Å². The second-order valence-electron chi connectivity index (χ2n) is 5.26. The van der Waals surface area contributed by atoms with Crippen molar-refractivity contribution in [2.75, 3.05) is 7.05 Å². The first-order valence-corrected chi connectivity index (χ1v) is 7.35. The van der Waals surface area contributed by atoms with Gasteiger partial charge in [-0.3, -0.25) is 9.78 Å². The molecule has 0 aliphatic carbocycles. The van der Waals surface area contributed by atoms with Gasteiger partial charge in [-0.25, -0.2) is 0 Å². The van der Waals surface area contributed by atoms with Crippen molar-refractivity contribution in [3.63, 3.8) is 0 Å². The maximum atomic E-state index is 12.5. The van der Waals surface area contributed by atoms with Crippen LogP contribution in [0.25, 0.3) is 11.0 Å². The van der Waals surface area contributed by atoms with Crippen molar-refractivity contribution in [3.8, 4) is 0 Å². The van der Waals surface area contributed by atoms with E-state index in [1.165, 1.54) is 0 Å². The SMILES string of the molecule is CCc1oc2ccccc2c1CN(C)C(=O)c1cccnc1. The van der Waals surface area contributed by atoms with Crippen molar-refractivity contribution < 1.29 is 9.21 Å². The van der Waals surface area contributed by atoms with E-state index in [2.05, 4.69) is 11.9 Å². The molecule has 0 bridgehead atoms. The number of para-hydroxylation sites is 1. The summed E-state index contributed by atoms with van der Waals surface area (Å²) in [5, 5.41) is 1.07. The second kappa shape index (κ2) is 6.02. The zero-order chi connectivity index (χ0) is 15.5. The monoisotopic (exact) mass is 294 g/mol. The van der Waals surface area contributed by atoms with Crippen LogP contribution in [0.2, 0.25) is 0 Å². The number of nitrogens with zero attached hydrogens (tertiary/aromatic N) is 2. The number of pyridine rings is 1. The standard InChI is InChI=1S/C18H18N2O2/c1-3-16-15(14-8-4-5-9-17(14)22-16)12-20(2)18(21)13-7-6-10-19-11-13/h4-11H,3,12H2,1-2H3. The summed E-state index contributed by atoms with van der Waals surface area (Å²) < 4.78 is 5.88. The fourth-order valence-electron chi connectivity index (χ4n) is 2.63. The minimum absolute atomic E-state index is 0.0413. The molecule has 0 saturated carbocycles. The van der Waals surface area contributed by atoms with Crippen LogP contribution in [0.3, 0.4) is 0 Å². The minimum atomic E-state index is -0.0413. The molecule has 0 N–H and O–H groups in total. The summed E-state index contributed by atoms with van der Waals surface area (Å²) in [5.74, 6) is 0.896. The fraction of sp³-hybridized carbons (Fsp3) is 0.222. The second-order valence-corrected chi connectivity index (χ2v) is 5.26. The van der Waals surface area contributed by atoms with Gasteiger partial charge in [0.1, 0.15) is 11.3 Å². The van der Waals surface area contributed by atoms with Gasteiger partial charge in [-0.05, 0) is 18.2 Å². The van der Waals surface area contributed by atoms with Crippen LogP contribution in [0, 0.1) is 0 Å². The predicted molar refractivity (Wildman–Crippen MR) is 85.6 cm³/mol. The Hall–Kier alpha value is -2.62. The number of hydrogen-bond donors (Lipinski definition) is 0. The van der Waals surface area contributed by atoms with Crippen LogP contribution in [0.4, 0.5) is 0 Å². The molecule has 4 nitrogen and oxygen atoms in total. The van der Waals surface area contributed by atoms with Crippen LogP contribution in [-0.4, -0.2) is 22.8 Å². The first-order valence-electron chi connectivity index (χ1n) is 7.35. The van der Waals surface area contributed by atoms with Crippen LogP contribution in [0.15, 0.2) is 53.2 Å². The number of benzene rings is 1. The van der Waals surface area contributed by atoms with E-state index < -0.39 is 0 Å². The minimum Gasteiger partial charge on any atom is -0.461 e. The Bertz CT molecular complexity index is 793. The predicted octanol–water partition coefficient (Wildman–Crippen LogP) is 3.66. The van der Waals surface area contributed by atoms with Gasteiger partial charge >= 0.3 is 0 Å². The average molecular weight is 294 g/mol. The van der Waals surface area contributed by atoms with Gasteiger partial charge in [0.05, 0.1) is 5.56 Å². The van der Waals surface area contributed by atoms with E-state index in [1.807, 2.05) is 24.3 Å². The fourth-order valence-corrected chi connectivity index (χ4v) is 2.63. The van der Waals surface area contributed by atoms with Gasteiger partial charge in [-0.15, -0.1) is 0 Å². The molecule has 0 radical (unpaired) electrons. The van der Waals surface area contributed by atoms with Crippen molar-refractivity contribution in [2.24, 2.45) is 0 Å². The van der Waals surface area contributed by atoms with E-state index >= 15 is 0 Å². The third kappa shape index (κ3) is 2.60. The molecule has 0 saturated heterocycles. The quantitative estimate of drug-likeness (QED) is 0.737. The summed E-state index contributed by atoms with van der Waals surface area (Å²) in [7, 11) is 1.80. The Morgan fingerprint density at radius 2 is 2.05 bits per heavy atom. The summed E-state index contributed by atoms with van der Waals surface area (Å²) >= 11 is 0. The molecule has 1 aromatic carbocycles. The normalized spacial score (nSPS) is 10.8. The van der Waals surface area contributed by atoms with Gasteiger partial charge in [0.25, 0.3) is 5.91 Å². The molecule has 0 fully saturated rings. The molecule has 4 heteroatoms. The largest absolute Gasteiger partial charge is 0.461 e. The summed E-state index contributed by atoms with van der Waals surface area (Å²) in [6, 6.07) is 11.5. The lowest BCUT2D eigenvalue weighted by atomic mass is 10.1. The smallest absolute Gasteiger partial charge is 0.255 e. The maximum Gasteiger partial charge on any atom is 0.255 e. The zero-order valence-electron chi connectivity index (χ0n) is 12.7. The van der Waals surface area contributed by atoms with Crippen molar-refractivity contribution >= 4 is 16.9 Å². The molecular weight excluding hydrogens is 276 g/mol. The third-order valence-corrected chi connectivity index (χ3v) is 3.75. The van der Waals surface area contributed by atoms with Crippen LogP contribution in [0.1, 0.15) is 28.6 Å². The van der Waals surface area contributed by atoms with Gasteiger partial charge in [0.2, 0.25) is 0 Å². The van der Waals surface area contributed by atoms with Gasteiger partial charge in [-0.1, -0.05) is 25.1 Å². The third-order valence-electron chi connectivity index (χ3n) is 3.75. The molecule has 0 spiro atoms. The number of rotatable bonds is 4. The summed E-state index contributed by atoms with van der Waals surface area (Å²) in [5.41, 5.74) is 2.55. The van der Waals surface area contributed by atoms with E-state index in [9.17, 15) is 4.79 Å². The Morgan fingerprint density at radius 1 is 1.23 bits per heavy atom. The maximum absolute atomic E-state index is 12.5. The summed E-state index contributed by atoms with van der Waals surface area (Å²) in [6.45, 7) is 2.58. The number of aryl methyl sites for hydroxylation is 1. The highest BCUT2D eigenvalue weighted by Crippen LogP contribution is 2.27. The van der Waals surface area contributed by atoms with Crippen LogP contribution < -0.4 is 0 Å². The van der Waals surface area contributed by atoms with E-state index in [-0.39, 0.29) is 5.91 Å². The van der Waals surface area contributed by atoms with E-state index in [0.29, 0.717) is 12.1 Å². The molecular formula is C18H18N2O2. The number of amides is 1. The van der Waals surface area contributed by atoms with Gasteiger partial charge in [0, 0.05) is 43.4 Å². The van der Waals surface area contributed by atoms with Gasteiger partial charge in [0.15, 0.2) is 0 Å². The molecule has 0 aliphatic heterocycles. The highest BCUT2D eigenvalue weighted by molar-refractivity contribution is 5.94. The number of fused-ring (bicyclic) bond motifs is 1. The Labute approximate surface area is 129 Å². The Morgan fingerprint density at radius 3 is 2.77 bits per heavy atom. The zero-order valence-corrected chi connectivity index (χ0v) is 12.7. The van der Waals surface area contributed by atoms with Crippen LogP contribution >= 0.6 is 0 Å².